The minimum Gasteiger partial charge on any atom is -0.322 e. The highest BCUT2D eigenvalue weighted by Crippen LogP contribution is 2.22. The Hall–Kier alpha value is -2.85. The zero-order valence-corrected chi connectivity index (χ0v) is 15.6. The van der Waals surface area contributed by atoms with Gasteiger partial charge in [-0.3, -0.25) is 14.9 Å². The molecule has 144 valence electrons. The number of sulfonamides is 1. The van der Waals surface area contributed by atoms with Crippen molar-refractivity contribution in [1.29, 1.82) is 0 Å². The molecule has 0 aliphatic carbocycles. The summed E-state index contributed by atoms with van der Waals surface area (Å²) < 4.78 is 40.6. The van der Waals surface area contributed by atoms with Crippen LogP contribution in [0.3, 0.4) is 0 Å². The lowest BCUT2D eigenvalue weighted by atomic mass is 10.1. The van der Waals surface area contributed by atoms with Crippen molar-refractivity contribution in [1.82, 2.24) is 4.72 Å². The fraction of sp³-hybridized carbons (Fsp3) is 0.235. The highest BCUT2D eigenvalue weighted by atomic mass is 32.2. The highest BCUT2D eigenvalue weighted by molar-refractivity contribution is 7.89. The van der Waals surface area contributed by atoms with Crippen LogP contribution in [0.25, 0.3) is 0 Å². The molecule has 8 nitrogen and oxygen atoms in total. The molecule has 27 heavy (non-hydrogen) atoms. The second-order valence-electron chi connectivity index (χ2n) is 6.76. The maximum absolute atomic E-state index is 13.4. The van der Waals surface area contributed by atoms with E-state index in [0.29, 0.717) is 0 Å². The fourth-order valence-corrected chi connectivity index (χ4v) is 3.66. The number of rotatable bonds is 5. The maximum Gasteiger partial charge on any atom is 0.306 e. The van der Waals surface area contributed by atoms with Crippen LogP contribution in [-0.4, -0.2) is 24.8 Å². The second-order valence-corrected chi connectivity index (χ2v) is 8.44. The number of halogens is 1. The van der Waals surface area contributed by atoms with Crippen molar-refractivity contribution in [2.24, 2.45) is 0 Å². The largest absolute Gasteiger partial charge is 0.322 e. The van der Waals surface area contributed by atoms with Crippen molar-refractivity contribution in [2.75, 3.05) is 5.32 Å². The van der Waals surface area contributed by atoms with Crippen LogP contribution in [0.4, 0.5) is 15.8 Å². The molecule has 0 saturated carbocycles. The summed E-state index contributed by atoms with van der Waals surface area (Å²) >= 11 is 0. The van der Waals surface area contributed by atoms with Crippen LogP contribution in [0.2, 0.25) is 0 Å². The Bertz CT molecular complexity index is 1000. The van der Waals surface area contributed by atoms with Gasteiger partial charge < -0.3 is 5.32 Å². The SMILES string of the molecule is CC(C)(C)NS(=O)(=O)c1cccc(C(=O)Nc2ccc(F)c([N+](=O)[O-])c2)c1. The van der Waals surface area contributed by atoms with Crippen LogP contribution in [0.1, 0.15) is 31.1 Å². The lowest BCUT2D eigenvalue weighted by molar-refractivity contribution is -0.387. The van der Waals surface area contributed by atoms with Crippen LogP contribution < -0.4 is 10.0 Å². The van der Waals surface area contributed by atoms with Crippen molar-refractivity contribution in [3.8, 4) is 0 Å². The first-order chi connectivity index (χ1) is 12.4. The van der Waals surface area contributed by atoms with Gasteiger partial charge in [-0.1, -0.05) is 6.07 Å². The van der Waals surface area contributed by atoms with Crippen LogP contribution in [0.15, 0.2) is 47.4 Å². The summed E-state index contributed by atoms with van der Waals surface area (Å²) in [7, 11) is -3.84. The lowest BCUT2D eigenvalue weighted by Crippen LogP contribution is -2.40. The molecule has 0 spiro atoms. The molecule has 0 aliphatic rings. The van der Waals surface area contributed by atoms with Crippen molar-refractivity contribution in [3.63, 3.8) is 0 Å². The van der Waals surface area contributed by atoms with Gasteiger partial charge in [-0.15, -0.1) is 0 Å². The lowest BCUT2D eigenvalue weighted by Gasteiger charge is -2.20. The number of amides is 1. The van der Waals surface area contributed by atoms with Crippen LogP contribution in [0.5, 0.6) is 0 Å². The van der Waals surface area contributed by atoms with E-state index in [1.807, 2.05) is 0 Å². The summed E-state index contributed by atoms with van der Waals surface area (Å²) in [4.78, 5) is 22.1. The third kappa shape index (κ3) is 5.31. The molecule has 0 bridgehead atoms. The topological polar surface area (TPSA) is 118 Å². The quantitative estimate of drug-likeness (QED) is 0.596. The Balaban J connectivity index is 2.28. The summed E-state index contributed by atoms with van der Waals surface area (Å²) in [6.07, 6.45) is 0. The molecule has 0 radical (unpaired) electrons. The monoisotopic (exact) mass is 395 g/mol. The van der Waals surface area contributed by atoms with Gasteiger partial charge in [0.1, 0.15) is 0 Å². The Morgan fingerprint density at radius 3 is 2.41 bits per heavy atom. The van der Waals surface area contributed by atoms with Gasteiger partial charge in [0.25, 0.3) is 5.91 Å². The number of benzene rings is 2. The average molecular weight is 395 g/mol. The predicted molar refractivity (Wildman–Crippen MR) is 97.5 cm³/mol. The maximum atomic E-state index is 13.4. The van der Waals surface area contributed by atoms with Crippen molar-refractivity contribution >= 4 is 27.3 Å². The molecule has 1 amide bonds. The molecule has 0 atom stereocenters. The third-order valence-corrected chi connectivity index (χ3v) is 5.00. The smallest absolute Gasteiger partial charge is 0.306 e. The first kappa shape index (κ1) is 20.5. The van der Waals surface area contributed by atoms with E-state index in [-0.39, 0.29) is 16.1 Å². The van der Waals surface area contributed by atoms with Gasteiger partial charge in [0.15, 0.2) is 0 Å². The number of nitrogens with one attached hydrogen (secondary N) is 2. The molecule has 0 saturated heterocycles. The molecule has 10 heteroatoms. The van der Waals surface area contributed by atoms with Crippen molar-refractivity contribution < 1.29 is 22.5 Å². The van der Waals surface area contributed by atoms with Gasteiger partial charge in [0, 0.05) is 22.9 Å². The standard InChI is InChI=1S/C17H18FN3O5S/c1-17(2,3)20-27(25,26)13-6-4-5-11(9-13)16(22)19-12-7-8-14(18)15(10-12)21(23)24/h4-10,20H,1-3H3,(H,19,22). The van der Waals surface area contributed by atoms with Crippen molar-refractivity contribution in [3.05, 3.63) is 64.0 Å². The number of carbonyl (C=O) groups is 1. The molecule has 0 unspecified atom stereocenters. The molecule has 0 fully saturated rings. The number of nitro groups is 1. The summed E-state index contributed by atoms with van der Waals surface area (Å²) in [6, 6.07) is 8.23. The minimum atomic E-state index is -3.84. The van der Waals surface area contributed by atoms with Crippen LogP contribution in [0, 0.1) is 15.9 Å². The van der Waals surface area contributed by atoms with E-state index in [2.05, 4.69) is 10.0 Å². The number of hydrogen-bond acceptors (Lipinski definition) is 5. The molecule has 2 aromatic rings. The van der Waals surface area contributed by atoms with E-state index in [0.717, 1.165) is 12.1 Å². The number of hydrogen-bond donors (Lipinski definition) is 2. The molecular weight excluding hydrogens is 377 g/mol. The number of nitro benzene ring substituents is 1. The third-order valence-electron chi connectivity index (χ3n) is 3.25. The van der Waals surface area contributed by atoms with Crippen LogP contribution >= 0.6 is 0 Å². The van der Waals surface area contributed by atoms with Crippen molar-refractivity contribution in [2.45, 2.75) is 31.2 Å². The first-order valence-corrected chi connectivity index (χ1v) is 9.27. The average Bonchev–Trinajstić information content (AvgIpc) is 2.54. The van der Waals surface area contributed by atoms with E-state index in [9.17, 15) is 27.7 Å². The molecule has 0 heterocycles. The van der Waals surface area contributed by atoms with E-state index in [4.69, 9.17) is 0 Å². The second kappa shape index (κ2) is 7.41. The van der Waals surface area contributed by atoms with Gasteiger partial charge in [0.05, 0.1) is 9.82 Å². The molecule has 0 aliphatic heterocycles. The zero-order chi connectivity index (χ0) is 20.4. The normalized spacial score (nSPS) is 11.9. The number of carbonyl (C=O) groups excluding carboxylic acids is 1. The summed E-state index contributed by atoms with van der Waals surface area (Å²) in [6.45, 7) is 5.05. The van der Waals surface area contributed by atoms with Gasteiger partial charge >= 0.3 is 5.69 Å². The summed E-state index contributed by atoms with van der Waals surface area (Å²) in [5, 5.41) is 13.2. The van der Waals surface area contributed by atoms with E-state index >= 15 is 0 Å². The fourth-order valence-electron chi connectivity index (χ4n) is 2.20. The van der Waals surface area contributed by atoms with Gasteiger partial charge in [-0.25, -0.2) is 13.1 Å². The molecule has 0 aromatic heterocycles. The predicted octanol–water partition coefficient (Wildman–Crippen LogP) is 3.06. The van der Waals surface area contributed by atoms with E-state index < -0.39 is 37.9 Å². The zero-order valence-electron chi connectivity index (χ0n) is 14.8. The Morgan fingerprint density at radius 1 is 1.15 bits per heavy atom. The summed E-state index contributed by atoms with van der Waals surface area (Å²) in [5.74, 6) is -1.72. The molecule has 2 aromatic carbocycles. The molecule has 2 rings (SSSR count). The van der Waals surface area contributed by atoms with Gasteiger partial charge in [-0.2, -0.15) is 4.39 Å². The van der Waals surface area contributed by atoms with E-state index in [1.165, 1.54) is 30.3 Å². The molecular formula is C17H18FN3O5S. The van der Waals surface area contributed by atoms with E-state index in [1.54, 1.807) is 20.8 Å². The number of nitrogens with zero attached hydrogens (tertiary/aromatic N) is 1. The van der Waals surface area contributed by atoms with Gasteiger partial charge in [0.2, 0.25) is 15.8 Å². The Morgan fingerprint density at radius 2 is 1.81 bits per heavy atom. The Labute approximate surface area is 155 Å². The Kier molecular flexibility index (Phi) is 5.62. The summed E-state index contributed by atoms with van der Waals surface area (Å²) in [5.41, 5.74) is -1.45. The van der Waals surface area contributed by atoms with Crippen LogP contribution in [-0.2, 0) is 10.0 Å². The minimum absolute atomic E-state index is 0.00850. The molecule has 2 N–H and O–H groups in total. The number of anilines is 1. The van der Waals surface area contributed by atoms with Gasteiger partial charge in [-0.05, 0) is 51.1 Å². The first-order valence-electron chi connectivity index (χ1n) is 7.78. The highest BCUT2D eigenvalue weighted by Gasteiger charge is 2.23.